The number of aliphatic hydroxyl groups is 1. The molecule has 0 bridgehead atoms. The van der Waals surface area contributed by atoms with E-state index in [1.165, 1.54) is 0 Å². The number of aromatic nitrogens is 2. The third-order valence-electron chi connectivity index (χ3n) is 2.37. The van der Waals surface area contributed by atoms with Crippen LogP contribution in [0.1, 0.15) is 19.0 Å². The molecule has 16 heavy (non-hydrogen) atoms. The Morgan fingerprint density at radius 2 is 2.19 bits per heavy atom. The quantitative estimate of drug-likeness (QED) is 0.861. The number of rotatable bonds is 3. The Bertz CT molecular complexity index is 401. The first kappa shape index (κ1) is 12.5. The fourth-order valence-corrected chi connectivity index (χ4v) is 1.23. The van der Waals surface area contributed by atoms with Gasteiger partial charge in [0.1, 0.15) is 0 Å². The average Bonchev–Trinajstić information content (AvgIpc) is 2.71. The Labute approximate surface area is 89.9 Å². The lowest BCUT2D eigenvalue weighted by atomic mass is 10.0. The number of hydrogen-bond acceptors (Lipinski definition) is 3. The second-order valence-corrected chi connectivity index (χ2v) is 3.30. The second kappa shape index (κ2) is 4.14. The Kier molecular flexibility index (Phi) is 3.24. The topological polar surface area (TPSA) is 61.8 Å². The van der Waals surface area contributed by atoms with Crippen molar-refractivity contribution in [2.45, 2.75) is 25.1 Å². The lowest BCUT2D eigenvalue weighted by Gasteiger charge is -2.22. The summed E-state index contributed by atoms with van der Waals surface area (Å²) >= 11 is 0. The zero-order valence-electron chi connectivity index (χ0n) is 8.49. The molecule has 4 nitrogen and oxygen atoms in total. The molecular weight excluding hydrogens is 223 g/mol. The molecule has 0 fully saturated rings. The van der Waals surface area contributed by atoms with Crippen LogP contribution < -0.4 is 0 Å². The maximum absolute atomic E-state index is 12.3. The molecule has 0 radical (unpaired) electrons. The molecule has 1 heterocycles. The Morgan fingerprint density at radius 3 is 2.50 bits per heavy atom. The predicted molar refractivity (Wildman–Crippen MR) is 48.2 cm³/mol. The molecule has 88 valence electrons. The molecule has 1 aromatic rings. The molecule has 1 aromatic heterocycles. The van der Waals surface area contributed by atoms with Crippen LogP contribution in [-0.4, -0.2) is 21.5 Å². The van der Waals surface area contributed by atoms with Gasteiger partial charge in [0.25, 0.3) is 0 Å². The SMILES string of the molecule is CCC(C#N)(CO)n1ccc(C(F)(F)F)n1. The predicted octanol–water partition coefficient (Wildman–Crippen LogP) is 1.52. The zero-order valence-corrected chi connectivity index (χ0v) is 8.49. The summed E-state index contributed by atoms with van der Waals surface area (Å²) in [6.07, 6.45) is -3.33. The van der Waals surface area contributed by atoms with E-state index in [-0.39, 0.29) is 6.42 Å². The summed E-state index contributed by atoms with van der Waals surface area (Å²) < 4.78 is 37.7. The van der Waals surface area contributed by atoms with E-state index in [9.17, 15) is 13.2 Å². The van der Waals surface area contributed by atoms with E-state index in [1.807, 2.05) is 0 Å². The van der Waals surface area contributed by atoms with Crippen LogP contribution in [0.2, 0.25) is 0 Å². The molecule has 0 aromatic carbocycles. The van der Waals surface area contributed by atoms with Gasteiger partial charge in [-0.25, -0.2) is 4.68 Å². The van der Waals surface area contributed by atoms with Crippen molar-refractivity contribution < 1.29 is 18.3 Å². The van der Waals surface area contributed by atoms with Crippen LogP contribution in [-0.2, 0) is 11.7 Å². The number of aliphatic hydroxyl groups excluding tert-OH is 1. The third kappa shape index (κ3) is 2.02. The van der Waals surface area contributed by atoms with Crippen LogP contribution in [0.5, 0.6) is 0 Å². The van der Waals surface area contributed by atoms with Crippen molar-refractivity contribution in [2.24, 2.45) is 0 Å². The molecule has 0 saturated carbocycles. The van der Waals surface area contributed by atoms with Crippen LogP contribution in [0.4, 0.5) is 13.2 Å². The Balaban J connectivity index is 3.15. The van der Waals surface area contributed by atoms with Gasteiger partial charge in [0, 0.05) is 6.20 Å². The van der Waals surface area contributed by atoms with Crippen molar-refractivity contribution >= 4 is 0 Å². The largest absolute Gasteiger partial charge is 0.435 e. The summed E-state index contributed by atoms with van der Waals surface area (Å²) in [5, 5.41) is 21.2. The van der Waals surface area contributed by atoms with E-state index < -0.39 is 24.0 Å². The molecular formula is C9H10F3N3O. The summed E-state index contributed by atoms with van der Waals surface area (Å²) in [6, 6.07) is 2.55. The fraction of sp³-hybridized carbons (Fsp3) is 0.556. The number of hydrogen-bond donors (Lipinski definition) is 1. The maximum atomic E-state index is 12.3. The molecule has 0 aliphatic rings. The molecule has 1 unspecified atom stereocenters. The lowest BCUT2D eigenvalue weighted by Crippen LogP contribution is -2.36. The van der Waals surface area contributed by atoms with Gasteiger partial charge in [-0.15, -0.1) is 0 Å². The van der Waals surface area contributed by atoms with Gasteiger partial charge < -0.3 is 5.11 Å². The molecule has 1 N–H and O–H groups in total. The minimum Gasteiger partial charge on any atom is -0.393 e. The fourth-order valence-electron chi connectivity index (χ4n) is 1.23. The van der Waals surface area contributed by atoms with Crippen molar-refractivity contribution in [1.82, 2.24) is 9.78 Å². The zero-order chi connectivity index (χ0) is 12.4. The van der Waals surface area contributed by atoms with E-state index in [2.05, 4.69) is 5.10 Å². The highest BCUT2D eigenvalue weighted by molar-refractivity contribution is 5.10. The van der Waals surface area contributed by atoms with Gasteiger partial charge >= 0.3 is 6.18 Å². The van der Waals surface area contributed by atoms with Crippen molar-refractivity contribution in [3.8, 4) is 6.07 Å². The number of alkyl halides is 3. The van der Waals surface area contributed by atoms with Crippen LogP contribution in [0, 0.1) is 11.3 Å². The summed E-state index contributed by atoms with van der Waals surface area (Å²) in [5.41, 5.74) is -2.50. The van der Waals surface area contributed by atoms with Crippen LogP contribution >= 0.6 is 0 Å². The van der Waals surface area contributed by atoms with E-state index >= 15 is 0 Å². The van der Waals surface area contributed by atoms with Gasteiger partial charge in [0.2, 0.25) is 0 Å². The van der Waals surface area contributed by atoms with Gasteiger partial charge in [-0.3, -0.25) is 0 Å². The summed E-state index contributed by atoms with van der Waals surface area (Å²) in [7, 11) is 0. The van der Waals surface area contributed by atoms with Crippen LogP contribution in [0.3, 0.4) is 0 Å². The highest BCUT2D eigenvalue weighted by Gasteiger charge is 2.37. The first-order valence-electron chi connectivity index (χ1n) is 4.55. The van der Waals surface area contributed by atoms with Gasteiger partial charge in [-0.2, -0.15) is 23.5 Å². The smallest absolute Gasteiger partial charge is 0.393 e. The number of nitriles is 1. The summed E-state index contributed by atoms with van der Waals surface area (Å²) in [6.45, 7) is 1.01. The van der Waals surface area contributed by atoms with Gasteiger partial charge in [-0.05, 0) is 12.5 Å². The molecule has 0 aliphatic carbocycles. The highest BCUT2D eigenvalue weighted by Crippen LogP contribution is 2.29. The normalized spacial score (nSPS) is 15.5. The molecule has 0 spiro atoms. The van der Waals surface area contributed by atoms with Gasteiger partial charge in [-0.1, -0.05) is 6.92 Å². The Hall–Kier alpha value is -1.55. The van der Waals surface area contributed by atoms with Crippen molar-refractivity contribution in [2.75, 3.05) is 6.61 Å². The minimum atomic E-state index is -4.55. The van der Waals surface area contributed by atoms with Gasteiger partial charge in [0.05, 0.1) is 12.7 Å². The third-order valence-corrected chi connectivity index (χ3v) is 2.37. The molecule has 1 rings (SSSR count). The highest BCUT2D eigenvalue weighted by atomic mass is 19.4. The van der Waals surface area contributed by atoms with E-state index in [0.717, 1.165) is 16.9 Å². The second-order valence-electron chi connectivity index (χ2n) is 3.30. The van der Waals surface area contributed by atoms with E-state index in [0.29, 0.717) is 0 Å². The maximum Gasteiger partial charge on any atom is 0.435 e. The van der Waals surface area contributed by atoms with Crippen LogP contribution in [0.25, 0.3) is 0 Å². The molecule has 1 atom stereocenters. The minimum absolute atomic E-state index is 0.166. The summed E-state index contributed by atoms with van der Waals surface area (Å²) in [5.74, 6) is 0. The van der Waals surface area contributed by atoms with Crippen molar-refractivity contribution in [3.05, 3.63) is 18.0 Å². The molecule has 0 saturated heterocycles. The first-order chi connectivity index (χ1) is 7.39. The van der Waals surface area contributed by atoms with Crippen LogP contribution in [0.15, 0.2) is 12.3 Å². The summed E-state index contributed by atoms with van der Waals surface area (Å²) in [4.78, 5) is 0. The first-order valence-corrected chi connectivity index (χ1v) is 4.55. The number of halogens is 3. The number of nitrogens with zero attached hydrogens (tertiary/aromatic N) is 3. The lowest BCUT2D eigenvalue weighted by molar-refractivity contribution is -0.141. The standard InChI is InChI=1S/C9H10F3N3O/c1-2-8(5-13,6-16)15-4-3-7(14-15)9(10,11)12/h3-4,16H,2,6H2,1H3. The monoisotopic (exact) mass is 233 g/mol. The molecule has 0 aliphatic heterocycles. The van der Waals surface area contributed by atoms with Gasteiger partial charge in [0.15, 0.2) is 11.2 Å². The molecule has 0 amide bonds. The average molecular weight is 233 g/mol. The molecule has 7 heteroatoms. The van der Waals surface area contributed by atoms with Crippen molar-refractivity contribution in [1.29, 1.82) is 5.26 Å². The van der Waals surface area contributed by atoms with Crippen molar-refractivity contribution in [3.63, 3.8) is 0 Å². The Morgan fingerprint density at radius 1 is 1.56 bits per heavy atom. The van der Waals surface area contributed by atoms with E-state index in [1.54, 1.807) is 13.0 Å². The van der Waals surface area contributed by atoms with E-state index in [4.69, 9.17) is 10.4 Å².